The second-order valence-corrected chi connectivity index (χ2v) is 6.87. The number of H-pyrrole nitrogens is 1. The minimum atomic E-state index is -0.551. The van der Waals surface area contributed by atoms with Crippen LogP contribution in [0.3, 0.4) is 0 Å². The van der Waals surface area contributed by atoms with Gasteiger partial charge in [-0.1, -0.05) is 0 Å². The average Bonchev–Trinajstić information content (AvgIpc) is 3.24. The van der Waals surface area contributed by atoms with Gasteiger partial charge < -0.3 is 9.72 Å². The molecule has 4 aromatic rings. The number of hydrogen-bond donors (Lipinski definition) is 1. The third-order valence-electron chi connectivity index (χ3n) is 3.94. The Balaban J connectivity index is 1.71. The summed E-state index contributed by atoms with van der Waals surface area (Å²) < 4.78 is 47.6. The van der Waals surface area contributed by atoms with Gasteiger partial charge in [0.25, 0.3) is 0 Å². The molecule has 3 nitrogen and oxygen atoms in total. The molecule has 0 amide bonds. The lowest BCUT2D eigenvalue weighted by Gasteiger charge is -2.09. The maximum atomic E-state index is 13.9. The van der Waals surface area contributed by atoms with Crippen LogP contribution in [0.1, 0.15) is 16.3 Å². The molecule has 4 rings (SSSR count). The van der Waals surface area contributed by atoms with Gasteiger partial charge in [-0.05, 0) is 36.4 Å². The second kappa shape index (κ2) is 6.84. The lowest BCUT2D eigenvalue weighted by Crippen LogP contribution is -2.01. The van der Waals surface area contributed by atoms with Gasteiger partial charge in [-0.25, -0.2) is 18.2 Å². The molecule has 0 bridgehead atoms. The summed E-state index contributed by atoms with van der Waals surface area (Å²) in [4.78, 5) is 8.04. The van der Waals surface area contributed by atoms with Gasteiger partial charge in [-0.3, -0.25) is 0 Å². The Morgan fingerprint density at radius 3 is 2.65 bits per heavy atom. The van der Waals surface area contributed by atoms with E-state index in [0.29, 0.717) is 17.6 Å². The van der Waals surface area contributed by atoms with Crippen LogP contribution in [-0.2, 0) is 13.0 Å². The normalized spacial score (nSPS) is 11.2. The molecular formula is C19H13F3N2OS. The van der Waals surface area contributed by atoms with E-state index in [0.717, 1.165) is 33.6 Å². The highest BCUT2D eigenvalue weighted by Gasteiger charge is 2.17. The molecule has 132 valence electrons. The van der Waals surface area contributed by atoms with Crippen LogP contribution in [0, 0.1) is 17.5 Å². The molecule has 0 spiro atoms. The van der Waals surface area contributed by atoms with Crippen molar-refractivity contribution >= 4 is 21.4 Å². The van der Waals surface area contributed by atoms with E-state index >= 15 is 0 Å². The third kappa shape index (κ3) is 3.30. The average molecular weight is 374 g/mol. The maximum absolute atomic E-state index is 13.9. The summed E-state index contributed by atoms with van der Waals surface area (Å²) in [5, 5.41) is 0.605. The molecule has 0 aliphatic heterocycles. The van der Waals surface area contributed by atoms with Crippen molar-refractivity contribution in [2.24, 2.45) is 0 Å². The van der Waals surface area contributed by atoms with Crippen molar-refractivity contribution in [3.05, 3.63) is 82.5 Å². The number of ether oxygens (including phenoxy) is 1. The number of nitrogens with zero attached hydrogens (tertiary/aromatic N) is 1. The van der Waals surface area contributed by atoms with Gasteiger partial charge in [0, 0.05) is 34.5 Å². The summed E-state index contributed by atoms with van der Waals surface area (Å²) in [5.74, 6) is -0.281. The summed E-state index contributed by atoms with van der Waals surface area (Å²) in [6, 6.07) is 7.65. The van der Waals surface area contributed by atoms with Crippen LogP contribution >= 0.6 is 11.3 Å². The number of aromatic amines is 1. The van der Waals surface area contributed by atoms with E-state index in [1.165, 1.54) is 23.5 Å². The number of halogens is 3. The molecule has 0 saturated carbocycles. The Kier molecular flexibility index (Phi) is 4.38. The SMILES string of the molecule is Fc1ccc(F)c(COc2c(Cc3ncc[nH]3)sc3ccc(F)cc23)c1. The van der Waals surface area contributed by atoms with Gasteiger partial charge in [0.15, 0.2) is 0 Å². The van der Waals surface area contributed by atoms with Crippen molar-refractivity contribution in [2.75, 3.05) is 0 Å². The molecule has 26 heavy (non-hydrogen) atoms. The molecule has 0 atom stereocenters. The molecule has 0 unspecified atom stereocenters. The van der Waals surface area contributed by atoms with Gasteiger partial charge >= 0.3 is 0 Å². The van der Waals surface area contributed by atoms with Crippen molar-refractivity contribution < 1.29 is 17.9 Å². The van der Waals surface area contributed by atoms with Gasteiger partial charge in [0.05, 0.1) is 4.88 Å². The standard InChI is InChI=1S/C19H13F3N2OS/c20-12-1-3-15(22)11(7-12)10-25-19-14-8-13(21)2-4-16(14)26-17(19)9-18-23-5-6-24-18/h1-8H,9-10H2,(H,23,24). The fraction of sp³-hybridized carbons (Fsp3) is 0.105. The number of thiophene rings is 1. The Morgan fingerprint density at radius 2 is 1.85 bits per heavy atom. The number of benzene rings is 2. The number of fused-ring (bicyclic) bond motifs is 1. The minimum Gasteiger partial charge on any atom is -0.487 e. The number of hydrogen-bond acceptors (Lipinski definition) is 3. The van der Waals surface area contributed by atoms with E-state index in [4.69, 9.17) is 4.74 Å². The number of rotatable bonds is 5. The monoisotopic (exact) mass is 374 g/mol. The fourth-order valence-electron chi connectivity index (χ4n) is 2.72. The van der Waals surface area contributed by atoms with E-state index in [9.17, 15) is 13.2 Å². The summed E-state index contributed by atoms with van der Waals surface area (Å²) in [6.45, 7) is -0.156. The van der Waals surface area contributed by atoms with Crippen LogP contribution in [-0.4, -0.2) is 9.97 Å². The molecule has 2 aromatic heterocycles. The molecule has 2 heterocycles. The fourth-order valence-corrected chi connectivity index (χ4v) is 3.86. The Bertz CT molecular complexity index is 1060. The molecule has 2 aromatic carbocycles. The van der Waals surface area contributed by atoms with Gasteiger partial charge in [-0.2, -0.15) is 0 Å². The van der Waals surface area contributed by atoms with Crippen LogP contribution in [0.5, 0.6) is 5.75 Å². The van der Waals surface area contributed by atoms with Gasteiger partial charge in [0.2, 0.25) is 0 Å². The summed E-state index contributed by atoms with van der Waals surface area (Å²) in [6.07, 6.45) is 3.82. The van der Waals surface area contributed by atoms with Crippen molar-refractivity contribution in [1.82, 2.24) is 9.97 Å². The van der Waals surface area contributed by atoms with E-state index < -0.39 is 11.6 Å². The lowest BCUT2D eigenvalue weighted by molar-refractivity contribution is 0.301. The van der Waals surface area contributed by atoms with E-state index in [1.807, 2.05) is 0 Å². The molecule has 0 aliphatic carbocycles. The van der Waals surface area contributed by atoms with Crippen LogP contribution in [0.25, 0.3) is 10.1 Å². The van der Waals surface area contributed by atoms with Crippen LogP contribution < -0.4 is 4.74 Å². The molecule has 0 fully saturated rings. The summed E-state index contributed by atoms with van der Waals surface area (Å²) in [5.41, 5.74) is 0.102. The smallest absolute Gasteiger partial charge is 0.142 e. The number of nitrogens with one attached hydrogen (secondary N) is 1. The second-order valence-electron chi connectivity index (χ2n) is 5.73. The van der Waals surface area contributed by atoms with E-state index in [-0.39, 0.29) is 18.0 Å². The van der Waals surface area contributed by atoms with E-state index in [1.54, 1.807) is 18.5 Å². The van der Waals surface area contributed by atoms with Gasteiger partial charge in [-0.15, -0.1) is 11.3 Å². The first-order valence-electron chi connectivity index (χ1n) is 7.86. The van der Waals surface area contributed by atoms with Crippen LogP contribution in [0.4, 0.5) is 13.2 Å². The minimum absolute atomic E-state index is 0.102. The zero-order chi connectivity index (χ0) is 18.1. The predicted octanol–water partition coefficient (Wildman–Crippen LogP) is 5.21. The first-order chi connectivity index (χ1) is 12.6. The van der Waals surface area contributed by atoms with Crippen molar-refractivity contribution in [2.45, 2.75) is 13.0 Å². The first-order valence-corrected chi connectivity index (χ1v) is 8.68. The van der Waals surface area contributed by atoms with E-state index in [2.05, 4.69) is 9.97 Å². The number of aromatic nitrogens is 2. The van der Waals surface area contributed by atoms with Crippen molar-refractivity contribution in [3.63, 3.8) is 0 Å². The largest absolute Gasteiger partial charge is 0.487 e. The highest BCUT2D eigenvalue weighted by Crippen LogP contribution is 2.39. The third-order valence-corrected chi connectivity index (χ3v) is 5.09. The molecule has 7 heteroatoms. The maximum Gasteiger partial charge on any atom is 0.142 e. The number of imidazole rings is 1. The van der Waals surface area contributed by atoms with Crippen LogP contribution in [0.2, 0.25) is 0 Å². The first kappa shape index (κ1) is 16.7. The van der Waals surface area contributed by atoms with Crippen molar-refractivity contribution in [3.8, 4) is 5.75 Å². The van der Waals surface area contributed by atoms with Crippen molar-refractivity contribution in [1.29, 1.82) is 0 Å². The van der Waals surface area contributed by atoms with Crippen LogP contribution in [0.15, 0.2) is 48.8 Å². The lowest BCUT2D eigenvalue weighted by atomic mass is 10.2. The quantitative estimate of drug-likeness (QED) is 0.521. The Labute approximate surface area is 151 Å². The topological polar surface area (TPSA) is 37.9 Å². The summed E-state index contributed by atoms with van der Waals surface area (Å²) in [7, 11) is 0. The zero-order valence-electron chi connectivity index (χ0n) is 13.4. The Morgan fingerprint density at radius 1 is 1.04 bits per heavy atom. The highest BCUT2D eigenvalue weighted by atomic mass is 32.1. The highest BCUT2D eigenvalue weighted by molar-refractivity contribution is 7.19. The summed E-state index contributed by atoms with van der Waals surface area (Å²) >= 11 is 1.45. The molecular weight excluding hydrogens is 361 g/mol. The molecule has 0 radical (unpaired) electrons. The molecule has 0 aliphatic rings. The predicted molar refractivity (Wildman–Crippen MR) is 93.9 cm³/mol. The Hall–Kier alpha value is -2.80. The van der Waals surface area contributed by atoms with Gasteiger partial charge in [0.1, 0.15) is 35.6 Å². The molecule has 0 saturated heterocycles. The zero-order valence-corrected chi connectivity index (χ0v) is 14.2. The molecule has 1 N–H and O–H groups in total.